The molecule has 1 unspecified atom stereocenters. The number of carbonyl (C=O) groups excluding carboxylic acids is 2. The standard InChI is InChI=1S/C28H26ClN3O6S/c1-37-22-10-9-17(13-23(22)38-2)11-12-32-25(33)16-24(39-28(32)31-21-8-4-6-19(29)15-21)26(34)30-20-7-3-5-18(14-20)27(35)36/h3-10,13-15,24H,11-12,16H2,1-2H3,(H,30,34)(H,35,36). The van der Waals surface area contributed by atoms with Gasteiger partial charge in [-0.2, -0.15) is 0 Å². The maximum Gasteiger partial charge on any atom is 0.335 e. The van der Waals surface area contributed by atoms with Gasteiger partial charge in [0.2, 0.25) is 11.8 Å². The Bertz CT molecular complexity index is 1430. The van der Waals surface area contributed by atoms with E-state index < -0.39 is 17.1 Å². The highest BCUT2D eigenvalue weighted by Gasteiger charge is 2.36. The highest BCUT2D eigenvalue weighted by molar-refractivity contribution is 8.15. The minimum Gasteiger partial charge on any atom is -0.493 e. The average molecular weight is 568 g/mol. The number of methoxy groups -OCH3 is 2. The van der Waals surface area contributed by atoms with E-state index in [0.29, 0.717) is 46.0 Å². The number of hydrogen-bond donors (Lipinski definition) is 2. The highest BCUT2D eigenvalue weighted by atomic mass is 35.5. The van der Waals surface area contributed by atoms with Gasteiger partial charge in [0.05, 0.1) is 25.5 Å². The lowest BCUT2D eigenvalue weighted by Crippen LogP contribution is -2.46. The summed E-state index contributed by atoms with van der Waals surface area (Å²) in [6, 6.07) is 18.4. The van der Waals surface area contributed by atoms with E-state index in [1.165, 1.54) is 23.9 Å². The minimum absolute atomic E-state index is 0.0460. The molecule has 1 fully saturated rings. The number of amides is 2. The van der Waals surface area contributed by atoms with Crippen molar-refractivity contribution < 1.29 is 29.0 Å². The Balaban J connectivity index is 1.56. The molecule has 4 rings (SSSR count). The molecule has 1 aliphatic heterocycles. The predicted molar refractivity (Wildman–Crippen MR) is 152 cm³/mol. The summed E-state index contributed by atoms with van der Waals surface area (Å²) in [5, 5.41) is 12.1. The molecule has 1 heterocycles. The van der Waals surface area contributed by atoms with Crippen molar-refractivity contribution in [2.24, 2.45) is 4.99 Å². The summed E-state index contributed by atoms with van der Waals surface area (Å²) in [4.78, 5) is 43.9. The molecule has 0 saturated carbocycles. The van der Waals surface area contributed by atoms with Crippen LogP contribution in [0.15, 0.2) is 71.7 Å². The number of nitrogens with one attached hydrogen (secondary N) is 1. The number of aromatic carboxylic acids is 1. The Hall–Kier alpha value is -4.02. The number of halogens is 1. The zero-order chi connectivity index (χ0) is 27.9. The molecule has 202 valence electrons. The van der Waals surface area contributed by atoms with Crippen molar-refractivity contribution in [3.05, 3.63) is 82.9 Å². The van der Waals surface area contributed by atoms with E-state index in [0.717, 1.165) is 5.56 Å². The molecule has 3 aromatic rings. The summed E-state index contributed by atoms with van der Waals surface area (Å²) in [6.45, 7) is 0.329. The molecule has 1 atom stereocenters. The first-order valence-electron chi connectivity index (χ1n) is 11.9. The largest absolute Gasteiger partial charge is 0.493 e. The van der Waals surface area contributed by atoms with Gasteiger partial charge in [0.25, 0.3) is 0 Å². The average Bonchev–Trinajstić information content (AvgIpc) is 2.92. The number of anilines is 1. The monoisotopic (exact) mass is 567 g/mol. The van der Waals surface area contributed by atoms with Gasteiger partial charge in [-0.1, -0.05) is 41.6 Å². The molecule has 2 amide bonds. The fourth-order valence-electron chi connectivity index (χ4n) is 3.95. The van der Waals surface area contributed by atoms with Crippen molar-refractivity contribution in [2.45, 2.75) is 18.1 Å². The topological polar surface area (TPSA) is 118 Å². The van der Waals surface area contributed by atoms with Crippen LogP contribution in [0, 0.1) is 0 Å². The van der Waals surface area contributed by atoms with Crippen molar-refractivity contribution >= 4 is 57.7 Å². The Morgan fingerprint density at radius 2 is 1.85 bits per heavy atom. The molecular formula is C28H26ClN3O6S. The summed E-state index contributed by atoms with van der Waals surface area (Å²) < 4.78 is 10.7. The number of ether oxygens (including phenoxy) is 2. The van der Waals surface area contributed by atoms with Gasteiger partial charge in [-0.05, 0) is 60.5 Å². The van der Waals surface area contributed by atoms with Gasteiger partial charge in [0, 0.05) is 23.7 Å². The van der Waals surface area contributed by atoms with Crippen molar-refractivity contribution in [3.8, 4) is 11.5 Å². The minimum atomic E-state index is -1.10. The van der Waals surface area contributed by atoms with Crippen LogP contribution in [-0.4, -0.2) is 59.0 Å². The quantitative estimate of drug-likeness (QED) is 0.362. The van der Waals surface area contributed by atoms with Crippen LogP contribution in [0.1, 0.15) is 22.3 Å². The molecule has 0 radical (unpaired) electrons. The van der Waals surface area contributed by atoms with E-state index in [-0.39, 0.29) is 17.9 Å². The smallest absolute Gasteiger partial charge is 0.335 e. The number of carboxylic acid groups (broad SMARTS) is 1. The van der Waals surface area contributed by atoms with Gasteiger partial charge in [-0.3, -0.25) is 14.5 Å². The lowest BCUT2D eigenvalue weighted by Gasteiger charge is -2.32. The second-order valence-corrected chi connectivity index (χ2v) is 10.2. The Kier molecular flexibility index (Phi) is 9.11. The van der Waals surface area contributed by atoms with E-state index in [4.69, 9.17) is 21.1 Å². The molecule has 0 spiro atoms. The van der Waals surface area contributed by atoms with E-state index in [9.17, 15) is 19.5 Å². The zero-order valence-electron chi connectivity index (χ0n) is 21.2. The van der Waals surface area contributed by atoms with Crippen LogP contribution < -0.4 is 14.8 Å². The summed E-state index contributed by atoms with van der Waals surface area (Å²) >= 11 is 7.31. The molecule has 1 saturated heterocycles. The number of carbonyl (C=O) groups is 3. The van der Waals surface area contributed by atoms with Gasteiger partial charge in [-0.15, -0.1) is 0 Å². The summed E-state index contributed by atoms with van der Waals surface area (Å²) in [5.74, 6) is -0.583. The van der Waals surface area contributed by atoms with Crippen LogP contribution in [-0.2, 0) is 16.0 Å². The normalized spacial score (nSPS) is 16.2. The lowest BCUT2D eigenvalue weighted by atomic mass is 10.1. The number of carboxylic acids is 1. The maximum atomic E-state index is 13.3. The first kappa shape index (κ1) is 28.0. The molecule has 0 aromatic heterocycles. The van der Waals surface area contributed by atoms with E-state index in [2.05, 4.69) is 10.3 Å². The van der Waals surface area contributed by atoms with Crippen LogP contribution in [0.2, 0.25) is 5.02 Å². The number of rotatable bonds is 9. The number of amidine groups is 1. The summed E-state index contributed by atoms with van der Waals surface area (Å²) in [6.07, 6.45) is 0.468. The fourth-order valence-corrected chi connectivity index (χ4v) is 5.26. The molecule has 1 aliphatic rings. The van der Waals surface area contributed by atoms with E-state index >= 15 is 0 Å². The van der Waals surface area contributed by atoms with E-state index in [1.54, 1.807) is 55.5 Å². The highest BCUT2D eigenvalue weighted by Crippen LogP contribution is 2.32. The van der Waals surface area contributed by atoms with Crippen molar-refractivity contribution in [1.29, 1.82) is 0 Å². The zero-order valence-corrected chi connectivity index (χ0v) is 22.8. The number of benzene rings is 3. The van der Waals surface area contributed by atoms with Crippen molar-refractivity contribution in [1.82, 2.24) is 4.90 Å². The van der Waals surface area contributed by atoms with Gasteiger partial charge in [-0.25, -0.2) is 9.79 Å². The number of nitrogens with zero attached hydrogens (tertiary/aromatic N) is 2. The molecule has 0 aliphatic carbocycles. The molecule has 39 heavy (non-hydrogen) atoms. The second kappa shape index (κ2) is 12.7. The summed E-state index contributed by atoms with van der Waals surface area (Å²) in [7, 11) is 3.13. The maximum absolute atomic E-state index is 13.3. The third-order valence-corrected chi connectivity index (χ3v) is 7.34. The number of hydrogen-bond acceptors (Lipinski definition) is 7. The summed E-state index contributed by atoms with van der Waals surface area (Å²) in [5.41, 5.74) is 1.86. The molecule has 2 N–H and O–H groups in total. The van der Waals surface area contributed by atoms with Crippen LogP contribution in [0.25, 0.3) is 0 Å². The molecular weight excluding hydrogens is 542 g/mol. The Labute approximate surface area is 234 Å². The Morgan fingerprint density at radius 1 is 1.08 bits per heavy atom. The third-order valence-electron chi connectivity index (χ3n) is 5.91. The van der Waals surface area contributed by atoms with Gasteiger partial charge < -0.3 is 19.9 Å². The number of thioether (sulfide) groups is 1. The van der Waals surface area contributed by atoms with Crippen molar-refractivity contribution in [3.63, 3.8) is 0 Å². The predicted octanol–water partition coefficient (Wildman–Crippen LogP) is 5.26. The first-order chi connectivity index (χ1) is 18.8. The van der Waals surface area contributed by atoms with Crippen LogP contribution in [0.4, 0.5) is 11.4 Å². The van der Waals surface area contributed by atoms with Gasteiger partial charge in [0.1, 0.15) is 5.25 Å². The SMILES string of the molecule is COc1ccc(CCN2C(=O)CC(C(=O)Nc3cccc(C(=O)O)c3)SC2=Nc2cccc(Cl)c2)cc1OC. The lowest BCUT2D eigenvalue weighted by molar-refractivity contribution is -0.129. The third kappa shape index (κ3) is 7.10. The molecule has 0 bridgehead atoms. The first-order valence-corrected chi connectivity index (χ1v) is 13.2. The van der Waals surface area contributed by atoms with Gasteiger partial charge >= 0.3 is 5.97 Å². The van der Waals surface area contributed by atoms with Crippen molar-refractivity contribution in [2.75, 3.05) is 26.1 Å². The van der Waals surface area contributed by atoms with Crippen LogP contribution >= 0.6 is 23.4 Å². The number of aliphatic imine (C=N–C) groups is 1. The fraction of sp³-hybridized carbons (Fsp3) is 0.214. The van der Waals surface area contributed by atoms with Crippen LogP contribution in [0.3, 0.4) is 0 Å². The second-order valence-electron chi connectivity index (χ2n) is 8.54. The van der Waals surface area contributed by atoms with Gasteiger partial charge in [0.15, 0.2) is 16.7 Å². The Morgan fingerprint density at radius 3 is 2.56 bits per heavy atom. The molecule has 11 heteroatoms. The molecule has 3 aromatic carbocycles. The van der Waals surface area contributed by atoms with Crippen LogP contribution in [0.5, 0.6) is 11.5 Å². The van der Waals surface area contributed by atoms with E-state index in [1.807, 2.05) is 18.2 Å². The molecule has 9 nitrogen and oxygen atoms in total.